The molecule has 0 aliphatic heterocycles. The second-order valence-corrected chi connectivity index (χ2v) is 3.96. The molecule has 15 heavy (non-hydrogen) atoms. The van der Waals surface area contributed by atoms with Crippen molar-refractivity contribution in [1.29, 1.82) is 0 Å². The topological polar surface area (TPSA) is 81.0 Å². The largest absolute Gasteiger partial charge is 0.464 e. The smallest absolute Gasteiger partial charge is 0.323 e. The summed E-state index contributed by atoms with van der Waals surface area (Å²) >= 11 is 0. The molecule has 5 heteroatoms. The van der Waals surface area contributed by atoms with Gasteiger partial charge < -0.3 is 15.5 Å². The highest BCUT2D eigenvalue weighted by Gasteiger charge is 2.24. The molecule has 0 bridgehead atoms. The average Bonchev–Trinajstić information content (AvgIpc) is 2.92. The second kappa shape index (κ2) is 4.44. The number of H-pyrrole nitrogens is 1. The van der Waals surface area contributed by atoms with Crippen molar-refractivity contribution in [2.45, 2.75) is 25.3 Å². The summed E-state index contributed by atoms with van der Waals surface area (Å²) in [6.07, 6.45) is 6.02. The van der Waals surface area contributed by atoms with Crippen LogP contribution in [0.4, 0.5) is 0 Å². The zero-order valence-corrected chi connectivity index (χ0v) is 8.48. The van der Waals surface area contributed by atoms with Crippen molar-refractivity contribution >= 4 is 5.97 Å². The number of nitrogens with one attached hydrogen (secondary N) is 1. The first kappa shape index (κ1) is 10.2. The third-order valence-electron chi connectivity index (χ3n) is 2.46. The van der Waals surface area contributed by atoms with Crippen molar-refractivity contribution in [1.82, 2.24) is 9.97 Å². The summed E-state index contributed by atoms with van der Waals surface area (Å²) in [5, 5.41) is 0. The Morgan fingerprint density at radius 2 is 2.53 bits per heavy atom. The van der Waals surface area contributed by atoms with Gasteiger partial charge in [0.25, 0.3) is 0 Å². The molecule has 1 saturated carbocycles. The Morgan fingerprint density at radius 3 is 3.13 bits per heavy atom. The molecule has 1 aliphatic carbocycles. The molecule has 0 spiro atoms. The summed E-state index contributed by atoms with van der Waals surface area (Å²) in [6.45, 7) is 0.523. The Kier molecular flexibility index (Phi) is 3.01. The molecule has 0 radical (unpaired) electrons. The number of carbonyl (C=O) groups excluding carboxylic acids is 1. The fourth-order valence-electron chi connectivity index (χ4n) is 1.31. The predicted molar refractivity (Wildman–Crippen MR) is 54.0 cm³/mol. The third kappa shape index (κ3) is 3.06. The molecular weight excluding hydrogens is 194 g/mol. The lowest BCUT2D eigenvalue weighted by atomic mass is 10.2. The van der Waals surface area contributed by atoms with Crippen LogP contribution in [0, 0.1) is 5.92 Å². The van der Waals surface area contributed by atoms with Gasteiger partial charge in [-0.25, -0.2) is 4.98 Å². The van der Waals surface area contributed by atoms with E-state index in [1.807, 2.05) is 0 Å². The van der Waals surface area contributed by atoms with Gasteiger partial charge in [0.05, 0.1) is 12.9 Å². The maximum absolute atomic E-state index is 11.4. The molecule has 2 rings (SSSR count). The molecule has 0 amide bonds. The van der Waals surface area contributed by atoms with Gasteiger partial charge in [0.15, 0.2) is 0 Å². The Balaban J connectivity index is 1.73. The number of nitrogens with two attached hydrogens (primary N) is 1. The molecule has 82 valence electrons. The van der Waals surface area contributed by atoms with E-state index in [-0.39, 0.29) is 5.97 Å². The van der Waals surface area contributed by atoms with E-state index >= 15 is 0 Å². The van der Waals surface area contributed by atoms with Gasteiger partial charge >= 0.3 is 5.97 Å². The molecule has 1 aromatic rings. The number of carbonyl (C=O) groups is 1. The zero-order chi connectivity index (χ0) is 10.7. The Hall–Kier alpha value is -1.36. The van der Waals surface area contributed by atoms with E-state index in [4.69, 9.17) is 10.5 Å². The first-order chi connectivity index (χ1) is 7.25. The number of aromatic nitrogens is 2. The van der Waals surface area contributed by atoms with Gasteiger partial charge in [-0.15, -0.1) is 0 Å². The fraction of sp³-hybridized carbons (Fsp3) is 0.600. The van der Waals surface area contributed by atoms with Gasteiger partial charge in [-0.05, 0) is 18.8 Å². The Bertz CT molecular complexity index is 319. The predicted octanol–water partition coefficient (Wildman–Crippen LogP) is 0.233. The van der Waals surface area contributed by atoms with Crippen molar-refractivity contribution < 1.29 is 9.53 Å². The quantitative estimate of drug-likeness (QED) is 0.680. The summed E-state index contributed by atoms with van der Waals surface area (Å²) in [4.78, 5) is 18.2. The Morgan fingerprint density at radius 1 is 1.73 bits per heavy atom. The van der Waals surface area contributed by atoms with Gasteiger partial charge in [0, 0.05) is 18.3 Å². The van der Waals surface area contributed by atoms with E-state index in [1.54, 1.807) is 12.5 Å². The normalized spacial score (nSPS) is 17.4. The number of hydrogen-bond acceptors (Lipinski definition) is 4. The van der Waals surface area contributed by atoms with E-state index in [2.05, 4.69) is 9.97 Å². The van der Waals surface area contributed by atoms with E-state index in [1.165, 1.54) is 12.8 Å². The van der Waals surface area contributed by atoms with Crippen LogP contribution < -0.4 is 5.73 Å². The number of aromatic amines is 1. The lowest BCUT2D eigenvalue weighted by molar-refractivity contribution is -0.145. The minimum Gasteiger partial charge on any atom is -0.464 e. The minimum atomic E-state index is -0.593. The van der Waals surface area contributed by atoms with Gasteiger partial charge in [-0.1, -0.05) is 0 Å². The average molecular weight is 209 g/mol. The summed E-state index contributed by atoms with van der Waals surface area (Å²) in [6, 6.07) is -0.593. The van der Waals surface area contributed by atoms with Crippen molar-refractivity contribution in [2.24, 2.45) is 11.7 Å². The molecule has 5 nitrogen and oxygen atoms in total. The van der Waals surface area contributed by atoms with Gasteiger partial charge in [-0.2, -0.15) is 0 Å². The number of esters is 1. The maximum Gasteiger partial charge on any atom is 0.323 e. The van der Waals surface area contributed by atoms with Gasteiger partial charge in [0.1, 0.15) is 6.04 Å². The summed E-state index contributed by atoms with van der Waals surface area (Å²) in [7, 11) is 0. The maximum atomic E-state index is 11.4. The molecule has 1 atom stereocenters. The van der Waals surface area contributed by atoms with Crippen LogP contribution in [0.1, 0.15) is 18.5 Å². The Labute approximate surface area is 88.0 Å². The minimum absolute atomic E-state index is 0.323. The van der Waals surface area contributed by atoms with Crippen LogP contribution in [0.15, 0.2) is 12.5 Å². The first-order valence-corrected chi connectivity index (χ1v) is 5.15. The number of nitrogens with zero attached hydrogens (tertiary/aromatic N) is 1. The standard InChI is InChI=1S/C10H15N3O2/c11-9(3-8-4-12-6-13-8)10(14)15-5-7-1-2-7/h4,6-7,9H,1-3,5,11H2,(H,12,13)/t9-/m0/s1. The van der Waals surface area contributed by atoms with Crippen molar-refractivity contribution in [3.63, 3.8) is 0 Å². The van der Waals surface area contributed by atoms with Crippen molar-refractivity contribution in [2.75, 3.05) is 6.61 Å². The molecule has 0 saturated heterocycles. The zero-order valence-electron chi connectivity index (χ0n) is 8.48. The molecule has 0 unspecified atom stereocenters. The van der Waals surface area contributed by atoms with Crippen LogP contribution in [0.3, 0.4) is 0 Å². The van der Waals surface area contributed by atoms with Gasteiger partial charge in [-0.3, -0.25) is 4.79 Å². The molecule has 1 aliphatic rings. The lowest BCUT2D eigenvalue weighted by Crippen LogP contribution is -2.34. The SMILES string of the molecule is N[C@@H](Cc1cnc[nH]1)C(=O)OCC1CC1. The van der Waals surface area contributed by atoms with E-state index < -0.39 is 6.04 Å². The number of ether oxygens (including phenoxy) is 1. The highest BCUT2D eigenvalue weighted by molar-refractivity contribution is 5.75. The highest BCUT2D eigenvalue weighted by atomic mass is 16.5. The lowest BCUT2D eigenvalue weighted by Gasteiger charge is -2.09. The van der Waals surface area contributed by atoms with Crippen LogP contribution >= 0.6 is 0 Å². The monoisotopic (exact) mass is 209 g/mol. The molecular formula is C10H15N3O2. The number of rotatable bonds is 5. The molecule has 1 aromatic heterocycles. The van der Waals surface area contributed by atoms with E-state index in [0.717, 1.165) is 5.69 Å². The second-order valence-electron chi connectivity index (χ2n) is 3.96. The van der Waals surface area contributed by atoms with Crippen LogP contribution in [-0.4, -0.2) is 28.6 Å². The summed E-state index contributed by atoms with van der Waals surface area (Å²) < 4.78 is 5.08. The van der Waals surface area contributed by atoms with Crippen LogP contribution in [0.2, 0.25) is 0 Å². The molecule has 1 heterocycles. The molecule has 1 fully saturated rings. The summed E-state index contributed by atoms with van der Waals surface area (Å²) in [5.41, 5.74) is 6.55. The molecule has 3 N–H and O–H groups in total. The van der Waals surface area contributed by atoms with E-state index in [0.29, 0.717) is 18.9 Å². The summed E-state index contributed by atoms with van der Waals surface area (Å²) in [5.74, 6) is 0.254. The number of hydrogen-bond donors (Lipinski definition) is 2. The first-order valence-electron chi connectivity index (χ1n) is 5.15. The van der Waals surface area contributed by atoms with Crippen molar-refractivity contribution in [3.05, 3.63) is 18.2 Å². The fourth-order valence-corrected chi connectivity index (χ4v) is 1.31. The van der Waals surface area contributed by atoms with Crippen LogP contribution in [0.5, 0.6) is 0 Å². The molecule has 0 aromatic carbocycles. The van der Waals surface area contributed by atoms with Crippen LogP contribution in [0.25, 0.3) is 0 Å². The van der Waals surface area contributed by atoms with Gasteiger partial charge in [0.2, 0.25) is 0 Å². The van der Waals surface area contributed by atoms with Crippen LogP contribution in [-0.2, 0) is 16.0 Å². The number of imidazole rings is 1. The van der Waals surface area contributed by atoms with E-state index in [9.17, 15) is 4.79 Å². The van der Waals surface area contributed by atoms with Crippen molar-refractivity contribution in [3.8, 4) is 0 Å². The third-order valence-corrected chi connectivity index (χ3v) is 2.46. The highest BCUT2D eigenvalue weighted by Crippen LogP contribution is 2.28.